The van der Waals surface area contributed by atoms with Gasteiger partial charge in [0.25, 0.3) is 0 Å². The Bertz CT molecular complexity index is 552. The molecule has 0 spiro atoms. The van der Waals surface area contributed by atoms with Crippen molar-refractivity contribution in [2.75, 3.05) is 32.7 Å². The first-order valence-electron chi connectivity index (χ1n) is 9.23. The molecule has 0 saturated carbocycles. The molecule has 6 nitrogen and oxygen atoms in total. The van der Waals surface area contributed by atoms with Crippen LogP contribution < -0.4 is 16.0 Å². The highest BCUT2D eigenvalue weighted by molar-refractivity contribution is 14.0. The first-order chi connectivity index (χ1) is 12.2. The Morgan fingerprint density at radius 1 is 1.19 bits per heavy atom. The lowest BCUT2D eigenvalue weighted by molar-refractivity contribution is -0.118. The molecule has 1 saturated heterocycles. The molecule has 1 atom stereocenters. The first-order valence-corrected chi connectivity index (χ1v) is 9.23. The fraction of sp³-hybridized carbons (Fsp3) is 0.579. The van der Waals surface area contributed by atoms with Crippen LogP contribution in [0.15, 0.2) is 35.3 Å². The van der Waals surface area contributed by atoms with E-state index in [1.165, 1.54) is 25.3 Å². The zero-order chi connectivity index (χ0) is 17.9. The summed E-state index contributed by atoms with van der Waals surface area (Å²) in [5.74, 6) is 0.811. The molecule has 146 valence electrons. The van der Waals surface area contributed by atoms with E-state index in [2.05, 4.69) is 58.1 Å². The van der Waals surface area contributed by atoms with Crippen LogP contribution in [0.25, 0.3) is 0 Å². The lowest BCUT2D eigenvalue weighted by atomic mass is 10.2. The fourth-order valence-corrected chi connectivity index (χ4v) is 3.09. The van der Waals surface area contributed by atoms with E-state index in [0.29, 0.717) is 19.1 Å². The van der Waals surface area contributed by atoms with Crippen LogP contribution in [0.3, 0.4) is 0 Å². The smallest absolute Gasteiger partial charge is 0.216 e. The van der Waals surface area contributed by atoms with Gasteiger partial charge in [0.2, 0.25) is 5.91 Å². The van der Waals surface area contributed by atoms with Gasteiger partial charge in [0.1, 0.15) is 0 Å². The van der Waals surface area contributed by atoms with Crippen LogP contribution in [0.1, 0.15) is 32.3 Å². The quantitative estimate of drug-likeness (QED) is 0.234. The van der Waals surface area contributed by atoms with Crippen molar-refractivity contribution in [3.63, 3.8) is 0 Å². The van der Waals surface area contributed by atoms with Crippen molar-refractivity contribution in [1.82, 2.24) is 20.9 Å². The third-order valence-electron chi connectivity index (χ3n) is 4.32. The van der Waals surface area contributed by atoms with E-state index in [-0.39, 0.29) is 29.9 Å². The van der Waals surface area contributed by atoms with Crippen LogP contribution in [-0.4, -0.2) is 55.5 Å². The van der Waals surface area contributed by atoms with Crippen molar-refractivity contribution >= 4 is 35.8 Å². The SMILES string of the molecule is CCNC(=NCC1CCCN1Cc1ccccc1)NCCNC(C)=O.I. The molecule has 1 heterocycles. The number of nitrogens with zero attached hydrogens (tertiary/aromatic N) is 2. The molecule has 1 amide bonds. The van der Waals surface area contributed by atoms with Crippen molar-refractivity contribution in [3.8, 4) is 0 Å². The zero-order valence-electron chi connectivity index (χ0n) is 15.8. The Morgan fingerprint density at radius 3 is 2.62 bits per heavy atom. The number of benzene rings is 1. The summed E-state index contributed by atoms with van der Waals surface area (Å²) in [6.45, 7) is 8.61. The number of rotatable bonds is 8. The summed E-state index contributed by atoms with van der Waals surface area (Å²) in [4.78, 5) is 18.2. The summed E-state index contributed by atoms with van der Waals surface area (Å²) in [6.07, 6.45) is 2.43. The first kappa shape index (κ1) is 22.7. The lowest BCUT2D eigenvalue weighted by Gasteiger charge is -2.23. The third kappa shape index (κ3) is 8.35. The van der Waals surface area contributed by atoms with Crippen LogP contribution in [-0.2, 0) is 11.3 Å². The Labute approximate surface area is 174 Å². The number of carbonyl (C=O) groups is 1. The van der Waals surface area contributed by atoms with Gasteiger partial charge in [-0.3, -0.25) is 14.7 Å². The van der Waals surface area contributed by atoms with Gasteiger partial charge >= 0.3 is 0 Å². The Kier molecular flexibility index (Phi) is 11.3. The Hall–Kier alpha value is -1.35. The maximum absolute atomic E-state index is 10.9. The second-order valence-corrected chi connectivity index (χ2v) is 6.38. The topological polar surface area (TPSA) is 68.8 Å². The van der Waals surface area contributed by atoms with E-state index in [9.17, 15) is 4.79 Å². The van der Waals surface area contributed by atoms with E-state index in [4.69, 9.17) is 4.99 Å². The van der Waals surface area contributed by atoms with Gasteiger partial charge in [0.15, 0.2) is 5.96 Å². The minimum absolute atomic E-state index is 0. The molecule has 1 aromatic carbocycles. The minimum Gasteiger partial charge on any atom is -0.357 e. The summed E-state index contributed by atoms with van der Waals surface area (Å²) in [5, 5.41) is 9.32. The number of amides is 1. The molecule has 3 N–H and O–H groups in total. The number of nitrogens with one attached hydrogen (secondary N) is 3. The summed E-state index contributed by atoms with van der Waals surface area (Å²) >= 11 is 0. The number of hydrogen-bond donors (Lipinski definition) is 3. The number of guanidine groups is 1. The molecule has 1 aliphatic heterocycles. The molecule has 0 aliphatic carbocycles. The second kappa shape index (κ2) is 12.9. The maximum atomic E-state index is 10.9. The highest BCUT2D eigenvalue weighted by Gasteiger charge is 2.24. The Morgan fingerprint density at radius 2 is 1.92 bits per heavy atom. The van der Waals surface area contributed by atoms with Crippen LogP contribution in [0.5, 0.6) is 0 Å². The maximum Gasteiger partial charge on any atom is 0.216 e. The molecule has 0 bridgehead atoms. The summed E-state index contributed by atoms with van der Waals surface area (Å²) in [7, 11) is 0. The molecule has 7 heteroatoms. The second-order valence-electron chi connectivity index (χ2n) is 6.38. The molecule has 0 aromatic heterocycles. The highest BCUT2D eigenvalue weighted by atomic mass is 127. The normalized spacial score (nSPS) is 17.5. The van der Waals surface area contributed by atoms with E-state index < -0.39 is 0 Å². The third-order valence-corrected chi connectivity index (χ3v) is 4.32. The largest absolute Gasteiger partial charge is 0.357 e. The number of aliphatic imine (C=N–C) groups is 1. The average Bonchev–Trinajstić information content (AvgIpc) is 3.04. The van der Waals surface area contributed by atoms with Gasteiger partial charge in [-0.25, -0.2) is 0 Å². The minimum atomic E-state index is -0.00810. The molecular formula is C19H32IN5O. The van der Waals surface area contributed by atoms with Crippen molar-refractivity contribution in [1.29, 1.82) is 0 Å². The fourth-order valence-electron chi connectivity index (χ4n) is 3.09. The van der Waals surface area contributed by atoms with Gasteiger partial charge in [-0.05, 0) is 31.9 Å². The van der Waals surface area contributed by atoms with Gasteiger partial charge in [0, 0.05) is 39.1 Å². The number of carbonyl (C=O) groups excluding carboxylic acids is 1. The molecule has 26 heavy (non-hydrogen) atoms. The average molecular weight is 473 g/mol. The van der Waals surface area contributed by atoms with Crippen molar-refractivity contribution in [2.24, 2.45) is 4.99 Å². The molecule has 0 radical (unpaired) electrons. The van der Waals surface area contributed by atoms with E-state index >= 15 is 0 Å². The molecule has 1 unspecified atom stereocenters. The van der Waals surface area contributed by atoms with E-state index in [1.54, 1.807) is 0 Å². The molecular weight excluding hydrogens is 441 g/mol. The predicted molar refractivity (Wildman–Crippen MR) is 118 cm³/mol. The Balaban J connectivity index is 0.00000338. The van der Waals surface area contributed by atoms with Crippen LogP contribution >= 0.6 is 24.0 Å². The standard InChI is InChI=1S/C19H31N5O.HI/c1-3-20-19(22-12-11-21-16(2)25)23-14-18-10-7-13-24(18)15-17-8-5-4-6-9-17;/h4-6,8-9,18H,3,7,10-15H2,1-2H3,(H,21,25)(H2,20,22,23);1H. The molecule has 1 aliphatic rings. The lowest BCUT2D eigenvalue weighted by Crippen LogP contribution is -2.42. The van der Waals surface area contributed by atoms with Crippen LogP contribution in [0, 0.1) is 0 Å². The monoisotopic (exact) mass is 473 g/mol. The molecule has 1 fully saturated rings. The van der Waals surface area contributed by atoms with Crippen molar-refractivity contribution < 1.29 is 4.79 Å². The van der Waals surface area contributed by atoms with E-state index in [1.807, 2.05) is 0 Å². The number of hydrogen-bond acceptors (Lipinski definition) is 3. The zero-order valence-corrected chi connectivity index (χ0v) is 18.2. The predicted octanol–water partition coefficient (Wildman–Crippen LogP) is 1.96. The van der Waals surface area contributed by atoms with Gasteiger partial charge < -0.3 is 16.0 Å². The van der Waals surface area contributed by atoms with Crippen LogP contribution in [0.2, 0.25) is 0 Å². The van der Waals surface area contributed by atoms with Crippen molar-refractivity contribution in [3.05, 3.63) is 35.9 Å². The van der Waals surface area contributed by atoms with Crippen molar-refractivity contribution in [2.45, 2.75) is 39.3 Å². The van der Waals surface area contributed by atoms with Gasteiger partial charge in [-0.15, -0.1) is 24.0 Å². The van der Waals surface area contributed by atoms with Gasteiger partial charge in [-0.1, -0.05) is 30.3 Å². The van der Waals surface area contributed by atoms with Gasteiger partial charge in [-0.2, -0.15) is 0 Å². The van der Waals surface area contributed by atoms with Gasteiger partial charge in [0.05, 0.1) is 6.54 Å². The number of likely N-dealkylation sites (tertiary alicyclic amines) is 1. The highest BCUT2D eigenvalue weighted by Crippen LogP contribution is 2.20. The summed E-state index contributed by atoms with van der Waals surface area (Å²) in [5.41, 5.74) is 1.36. The number of halogens is 1. The summed E-state index contributed by atoms with van der Waals surface area (Å²) in [6, 6.07) is 11.1. The molecule has 2 rings (SSSR count). The molecule has 1 aromatic rings. The van der Waals surface area contributed by atoms with E-state index in [0.717, 1.165) is 32.1 Å². The van der Waals surface area contributed by atoms with Crippen LogP contribution in [0.4, 0.5) is 0 Å². The summed E-state index contributed by atoms with van der Waals surface area (Å²) < 4.78 is 0.